The van der Waals surface area contributed by atoms with Crippen molar-refractivity contribution in [2.24, 2.45) is 0 Å². The van der Waals surface area contributed by atoms with Gasteiger partial charge in [0, 0.05) is 27.0 Å². The number of carboxylic acid groups (broad SMARTS) is 1. The highest BCUT2D eigenvalue weighted by atomic mass is 32.2. The molecule has 7 nitrogen and oxygen atoms in total. The van der Waals surface area contributed by atoms with Crippen molar-refractivity contribution in [3.63, 3.8) is 0 Å². The Kier molecular flexibility index (Phi) is 5.81. The molecule has 34 heavy (non-hydrogen) atoms. The van der Waals surface area contributed by atoms with E-state index in [-0.39, 0.29) is 10.9 Å². The van der Waals surface area contributed by atoms with Crippen LogP contribution in [0.3, 0.4) is 0 Å². The highest BCUT2D eigenvalue weighted by Crippen LogP contribution is 2.52. The summed E-state index contributed by atoms with van der Waals surface area (Å²) in [5.41, 5.74) is 3.62. The second-order valence-corrected chi connectivity index (χ2v) is 8.96. The van der Waals surface area contributed by atoms with E-state index in [1.54, 1.807) is 58.9 Å². The van der Waals surface area contributed by atoms with Crippen LogP contribution in [0.2, 0.25) is 0 Å². The molecule has 1 amide bonds. The molecule has 2 N–H and O–H groups in total. The third kappa shape index (κ3) is 4.04. The Hall–Kier alpha value is -4.04. The van der Waals surface area contributed by atoms with Crippen molar-refractivity contribution in [2.45, 2.75) is 23.5 Å². The zero-order valence-corrected chi connectivity index (χ0v) is 19.1. The monoisotopic (exact) mass is 471 g/mol. The Morgan fingerprint density at radius 3 is 2.59 bits per heavy atom. The average molecular weight is 472 g/mol. The van der Waals surface area contributed by atoms with E-state index >= 15 is 0 Å². The molecule has 0 saturated carbocycles. The summed E-state index contributed by atoms with van der Waals surface area (Å²) in [6.07, 6.45) is 0.148. The van der Waals surface area contributed by atoms with Gasteiger partial charge in [0.15, 0.2) is 5.69 Å². The number of fused-ring (bicyclic) bond motifs is 3. The molecule has 1 aliphatic rings. The number of nitrogens with zero attached hydrogens (tertiary/aromatic N) is 2. The maximum atomic E-state index is 12.4. The maximum absolute atomic E-state index is 12.4. The molecule has 0 saturated heterocycles. The van der Waals surface area contributed by atoms with Crippen molar-refractivity contribution in [1.29, 1.82) is 0 Å². The second-order valence-electron chi connectivity index (χ2n) is 7.72. The van der Waals surface area contributed by atoms with Crippen LogP contribution in [-0.2, 0) is 0 Å². The number of amides is 1. The third-order valence-electron chi connectivity index (χ3n) is 5.52. The number of para-hydroxylation sites is 1. The van der Waals surface area contributed by atoms with Gasteiger partial charge in [0.1, 0.15) is 5.75 Å². The molecule has 1 aromatic heterocycles. The van der Waals surface area contributed by atoms with Crippen LogP contribution in [0.25, 0.3) is 16.9 Å². The summed E-state index contributed by atoms with van der Waals surface area (Å²) in [5, 5.41) is 17.1. The van der Waals surface area contributed by atoms with Gasteiger partial charge < -0.3 is 9.84 Å². The molecule has 3 aromatic carbocycles. The zero-order chi connectivity index (χ0) is 23.7. The minimum Gasteiger partial charge on any atom is -0.476 e. The van der Waals surface area contributed by atoms with Crippen LogP contribution in [0.1, 0.15) is 34.6 Å². The number of anilines is 1. The highest BCUT2D eigenvalue weighted by Gasteiger charge is 2.34. The number of aromatic nitrogens is 2. The van der Waals surface area contributed by atoms with Gasteiger partial charge in [-0.2, -0.15) is 5.10 Å². The van der Waals surface area contributed by atoms with Crippen molar-refractivity contribution in [1.82, 2.24) is 9.78 Å². The number of benzene rings is 3. The minimum atomic E-state index is -1.06. The van der Waals surface area contributed by atoms with Gasteiger partial charge in [0.25, 0.3) is 0 Å². The van der Waals surface area contributed by atoms with Gasteiger partial charge in [-0.3, -0.25) is 5.32 Å². The number of rotatable bonds is 5. The van der Waals surface area contributed by atoms with Crippen LogP contribution >= 0.6 is 11.8 Å². The molecule has 1 aliphatic heterocycles. The predicted molar refractivity (Wildman–Crippen MR) is 131 cm³/mol. The first kappa shape index (κ1) is 21.8. The summed E-state index contributed by atoms with van der Waals surface area (Å²) in [6, 6.07) is 23.8. The van der Waals surface area contributed by atoms with Crippen molar-refractivity contribution in [3.8, 4) is 22.7 Å². The summed E-state index contributed by atoms with van der Waals surface area (Å²) in [4.78, 5) is 25.6. The molecule has 0 fully saturated rings. The number of hydrogen-bond acceptors (Lipinski definition) is 5. The number of carbonyl (C=O) groups is 2. The second kappa shape index (κ2) is 9.07. The van der Waals surface area contributed by atoms with E-state index in [2.05, 4.69) is 10.4 Å². The van der Waals surface area contributed by atoms with Crippen LogP contribution in [-0.4, -0.2) is 26.9 Å². The summed E-state index contributed by atoms with van der Waals surface area (Å²) < 4.78 is 6.97. The SMILES string of the molecule is CCC1Sc2ccccc2-c2c1c(C(=O)O)nn2-c1cccc(NC(=O)Oc2ccccc2)c1. The highest BCUT2D eigenvalue weighted by molar-refractivity contribution is 7.99. The predicted octanol–water partition coefficient (Wildman–Crippen LogP) is 6.41. The van der Waals surface area contributed by atoms with E-state index in [0.717, 1.165) is 28.1 Å². The number of carboxylic acids is 1. The fourth-order valence-electron chi connectivity index (χ4n) is 4.06. The van der Waals surface area contributed by atoms with E-state index in [9.17, 15) is 14.7 Å². The first-order valence-electron chi connectivity index (χ1n) is 10.8. The summed E-state index contributed by atoms with van der Waals surface area (Å²) in [5.74, 6) is -0.628. The van der Waals surface area contributed by atoms with Crippen molar-refractivity contribution in [2.75, 3.05) is 5.32 Å². The number of nitrogens with one attached hydrogen (secondary N) is 1. The fourth-order valence-corrected chi connectivity index (χ4v) is 5.32. The maximum Gasteiger partial charge on any atom is 0.417 e. The average Bonchev–Trinajstić information content (AvgIpc) is 3.26. The Morgan fingerprint density at radius 1 is 1.06 bits per heavy atom. The lowest BCUT2D eigenvalue weighted by atomic mass is 10.00. The summed E-state index contributed by atoms with van der Waals surface area (Å²) in [7, 11) is 0. The molecule has 0 radical (unpaired) electrons. The molecule has 5 rings (SSSR count). The molecular formula is C26H21N3O4S. The largest absolute Gasteiger partial charge is 0.476 e. The normalized spacial score (nSPS) is 14.1. The van der Waals surface area contributed by atoms with Gasteiger partial charge in [0.05, 0.1) is 11.4 Å². The number of aromatic carboxylic acids is 1. The molecule has 8 heteroatoms. The Morgan fingerprint density at radius 2 is 1.82 bits per heavy atom. The summed E-state index contributed by atoms with van der Waals surface area (Å²) >= 11 is 1.66. The molecule has 0 bridgehead atoms. The van der Waals surface area contributed by atoms with Gasteiger partial charge >= 0.3 is 12.1 Å². The molecular weight excluding hydrogens is 450 g/mol. The molecule has 4 aromatic rings. The van der Waals surface area contributed by atoms with E-state index in [1.165, 1.54) is 0 Å². The van der Waals surface area contributed by atoms with Crippen LogP contribution in [0.4, 0.5) is 10.5 Å². The number of ether oxygens (including phenoxy) is 1. The molecule has 2 heterocycles. The van der Waals surface area contributed by atoms with Gasteiger partial charge in [-0.05, 0) is 42.8 Å². The quantitative estimate of drug-likeness (QED) is 0.350. The van der Waals surface area contributed by atoms with E-state index in [4.69, 9.17) is 4.74 Å². The van der Waals surface area contributed by atoms with Crippen molar-refractivity contribution in [3.05, 3.63) is 90.1 Å². The number of thioether (sulfide) groups is 1. The smallest absolute Gasteiger partial charge is 0.417 e. The summed E-state index contributed by atoms with van der Waals surface area (Å²) in [6.45, 7) is 2.04. The minimum absolute atomic E-state index is 0.0214. The van der Waals surface area contributed by atoms with Crippen LogP contribution in [0.15, 0.2) is 83.8 Å². The lowest BCUT2D eigenvalue weighted by molar-refractivity contribution is 0.0688. The van der Waals surface area contributed by atoms with Crippen molar-refractivity contribution < 1.29 is 19.4 Å². The van der Waals surface area contributed by atoms with Gasteiger partial charge in [0.2, 0.25) is 0 Å². The topological polar surface area (TPSA) is 93.5 Å². The first-order chi connectivity index (χ1) is 16.5. The van der Waals surface area contributed by atoms with E-state index in [0.29, 0.717) is 17.1 Å². The van der Waals surface area contributed by atoms with E-state index < -0.39 is 12.1 Å². The number of carbonyl (C=O) groups excluding carboxylic acids is 1. The standard InChI is InChI=1S/C26H21N3O4S/c1-2-20-22-23(25(30)31)28-29(24(22)19-13-6-7-14-21(19)34-20)17-10-8-9-16(15-17)27-26(32)33-18-11-4-3-5-12-18/h3-15,20H,2H2,1H3,(H,27,32)(H,30,31). The Labute approximate surface area is 200 Å². The molecule has 0 spiro atoms. The van der Waals surface area contributed by atoms with Crippen molar-refractivity contribution >= 4 is 29.5 Å². The fraction of sp³-hybridized carbons (Fsp3) is 0.115. The van der Waals surface area contributed by atoms with Crippen LogP contribution < -0.4 is 10.1 Å². The van der Waals surface area contributed by atoms with Crippen LogP contribution in [0.5, 0.6) is 5.75 Å². The Bertz CT molecular complexity index is 1380. The number of hydrogen-bond donors (Lipinski definition) is 2. The van der Waals surface area contributed by atoms with Gasteiger partial charge in [-0.15, -0.1) is 11.8 Å². The van der Waals surface area contributed by atoms with Gasteiger partial charge in [-0.1, -0.05) is 49.4 Å². The van der Waals surface area contributed by atoms with E-state index in [1.807, 2.05) is 43.3 Å². The molecule has 1 atom stereocenters. The van der Waals surface area contributed by atoms with Crippen LogP contribution in [0, 0.1) is 0 Å². The Balaban J connectivity index is 1.55. The lowest BCUT2D eigenvalue weighted by Gasteiger charge is -2.24. The lowest BCUT2D eigenvalue weighted by Crippen LogP contribution is -2.16. The molecule has 0 aliphatic carbocycles. The molecule has 170 valence electrons. The zero-order valence-electron chi connectivity index (χ0n) is 18.3. The third-order valence-corrected chi connectivity index (χ3v) is 6.98. The van der Waals surface area contributed by atoms with Gasteiger partial charge in [-0.25, -0.2) is 14.3 Å². The molecule has 1 unspecified atom stereocenters. The first-order valence-corrected chi connectivity index (χ1v) is 11.7.